The largest absolute Gasteiger partial charge is 0.497 e. The molecule has 0 saturated carbocycles. The van der Waals surface area contributed by atoms with E-state index in [0.717, 1.165) is 35.4 Å². The van der Waals surface area contributed by atoms with Gasteiger partial charge in [-0.2, -0.15) is 0 Å². The van der Waals surface area contributed by atoms with Crippen molar-refractivity contribution in [3.05, 3.63) is 84.5 Å². The fourth-order valence-corrected chi connectivity index (χ4v) is 19.7. The lowest BCUT2D eigenvalue weighted by Gasteiger charge is -2.39. The molecule has 16 atom stereocenters. The highest BCUT2D eigenvalue weighted by Crippen LogP contribution is 2.52. The number of hydrogen-bond acceptors (Lipinski definition) is 8. The molecule has 628 valence electrons. The van der Waals surface area contributed by atoms with Gasteiger partial charge in [0.1, 0.15) is 12.2 Å². The first-order chi connectivity index (χ1) is 46.6. The standard InChI is InChI=1S/C13H25N.C12H23NO.2C12H23N.2C12H22O.2C12H22S.CH4/c1-9-11(13(5,6)7)10(8-14-9)12(2,3)4;1-11(2,3)8-7-13-10(14)9(8)12(4,5)6;6*1-11(2,3)9-7-8-13-10(9)12(4,5)6;/h10-11,14H,1,8H2,2-7H3;8-9H,7H2,1-6H3,(H,13,14);2*7-10,13H,1-6H3;4*7-10H,1-6H3;1H4. The van der Waals surface area contributed by atoms with Gasteiger partial charge in [0.05, 0.1) is 12.5 Å². The summed E-state index contributed by atoms with van der Waals surface area (Å²) in [5.41, 5.74) is 6.24. The van der Waals surface area contributed by atoms with Crippen molar-refractivity contribution in [2.75, 3.05) is 13.1 Å². The second-order valence-electron chi connectivity index (χ2n) is 50.4. The van der Waals surface area contributed by atoms with E-state index in [1.807, 2.05) is 36.0 Å². The average molecular weight is 1530 g/mol. The molecule has 0 aliphatic carbocycles. The minimum Gasteiger partial charge on any atom is -0.497 e. The maximum Gasteiger partial charge on any atom is 0.224 e. The van der Waals surface area contributed by atoms with E-state index in [1.54, 1.807) is 0 Å². The van der Waals surface area contributed by atoms with Crippen LogP contribution in [-0.4, -0.2) is 53.8 Å². The van der Waals surface area contributed by atoms with Crippen molar-refractivity contribution in [2.24, 2.45) is 146 Å². The molecular weight excluding hydrogens is 1350 g/mol. The van der Waals surface area contributed by atoms with Crippen LogP contribution in [0, 0.1) is 146 Å². The Balaban J connectivity index is 0.00000120. The fourth-order valence-electron chi connectivity index (χ4n) is 16.7. The summed E-state index contributed by atoms with van der Waals surface area (Å²) in [5, 5.41) is 19.4. The van der Waals surface area contributed by atoms with E-state index in [2.05, 4.69) is 420 Å². The summed E-state index contributed by atoms with van der Waals surface area (Å²) >= 11 is 4.01. The third-order valence-electron chi connectivity index (χ3n) is 23.1. The minimum atomic E-state index is 0. The van der Waals surface area contributed by atoms with Crippen LogP contribution < -0.4 is 21.3 Å². The van der Waals surface area contributed by atoms with Crippen molar-refractivity contribution in [2.45, 2.75) is 375 Å². The van der Waals surface area contributed by atoms with Gasteiger partial charge in [0, 0.05) is 76.9 Å². The van der Waals surface area contributed by atoms with Gasteiger partial charge >= 0.3 is 0 Å². The van der Waals surface area contributed by atoms with Gasteiger partial charge in [0.15, 0.2) is 0 Å². The zero-order valence-corrected chi connectivity index (χ0v) is 81.0. The van der Waals surface area contributed by atoms with Crippen LogP contribution in [0.3, 0.4) is 0 Å². The van der Waals surface area contributed by atoms with Gasteiger partial charge in [-0.25, -0.2) is 0 Å². The minimum absolute atomic E-state index is 0. The molecule has 8 rings (SSSR count). The summed E-state index contributed by atoms with van der Waals surface area (Å²) in [6, 6.07) is 1.15. The van der Waals surface area contributed by atoms with Crippen LogP contribution in [0.1, 0.15) is 340 Å². The highest BCUT2D eigenvalue weighted by Gasteiger charge is 2.50. The Bertz CT molecular complexity index is 2430. The Kier molecular flexibility index (Phi) is 36.8. The number of amides is 1. The maximum absolute atomic E-state index is 11.8. The van der Waals surface area contributed by atoms with Crippen molar-refractivity contribution in [1.29, 1.82) is 0 Å². The third-order valence-corrected chi connectivity index (χ3v) is 26.3. The Labute approximate surface area is 678 Å². The molecule has 16 unspecified atom stereocenters. The van der Waals surface area contributed by atoms with E-state index < -0.39 is 0 Å². The smallest absolute Gasteiger partial charge is 0.224 e. The van der Waals surface area contributed by atoms with Crippen LogP contribution in [0.4, 0.5) is 0 Å². The van der Waals surface area contributed by atoms with E-state index in [9.17, 15) is 4.79 Å². The molecule has 4 N–H and O–H groups in total. The van der Waals surface area contributed by atoms with Crippen LogP contribution in [0.5, 0.6) is 0 Å². The Morgan fingerprint density at radius 3 is 0.766 bits per heavy atom. The van der Waals surface area contributed by atoms with Gasteiger partial charge in [0.2, 0.25) is 5.91 Å². The molecule has 1 amide bonds. The van der Waals surface area contributed by atoms with Crippen LogP contribution >= 0.6 is 23.5 Å². The fraction of sp³-hybridized carbons (Fsp3) is 0.847. The predicted octanol–water partition coefficient (Wildman–Crippen LogP) is 28.7. The first kappa shape index (κ1) is 104. The number of allylic oxidation sites excluding steroid dienone is 3. The topological polar surface area (TPSA) is 83.7 Å². The summed E-state index contributed by atoms with van der Waals surface area (Å²) in [6.45, 7) is 116. The second-order valence-corrected chi connectivity index (χ2v) is 52.5. The Morgan fingerprint density at radius 2 is 0.579 bits per heavy atom. The van der Waals surface area contributed by atoms with Gasteiger partial charge in [-0.1, -0.05) is 371 Å². The highest BCUT2D eigenvalue weighted by atomic mass is 32.2. The van der Waals surface area contributed by atoms with Gasteiger partial charge in [-0.15, -0.1) is 23.5 Å². The molecule has 0 aromatic carbocycles. The number of ether oxygens (including phenoxy) is 2. The molecule has 107 heavy (non-hydrogen) atoms. The van der Waals surface area contributed by atoms with Crippen molar-refractivity contribution in [3.8, 4) is 0 Å². The number of rotatable bonds is 0. The Morgan fingerprint density at radius 1 is 0.308 bits per heavy atom. The first-order valence-corrected chi connectivity index (χ1v) is 43.4. The van der Waals surface area contributed by atoms with Crippen LogP contribution in [-0.2, 0) is 14.3 Å². The second kappa shape index (κ2) is 37.7. The SMILES string of the molecule is C.C=C1NCC(C(C)(C)C)C1C(C)(C)C.CC(C)(C)C1C=CNC1C(C)(C)C.CC(C)(C)C1C=CNC1C(C)(C)C.CC(C)(C)C1C=COC1C(C)(C)C.CC(C)(C)C1C=COC1C(C)(C)C.CC(C)(C)C1C=CSC1C(C)(C)C.CC(C)(C)C1C=CSC1C(C)(C)C.CC(C)(C)C1CNC(=O)C1C(C)(C)C. The number of carbonyl (C=O) groups excluding carboxylic acids is 1. The van der Waals surface area contributed by atoms with Crippen molar-refractivity contribution in [3.63, 3.8) is 0 Å². The maximum atomic E-state index is 11.8. The third kappa shape index (κ3) is 33.0. The van der Waals surface area contributed by atoms with Crippen molar-refractivity contribution >= 4 is 29.4 Å². The molecule has 2 saturated heterocycles. The monoisotopic (exact) mass is 1530 g/mol. The lowest BCUT2D eigenvalue weighted by Crippen LogP contribution is -2.43. The Hall–Kier alpha value is -2.65. The molecule has 8 aliphatic heterocycles. The molecule has 0 aromatic rings. The highest BCUT2D eigenvalue weighted by molar-refractivity contribution is 8.03. The first-order valence-electron chi connectivity index (χ1n) is 41.5. The summed E-state index contributed by atoms with van der Waals surface area (Å²) < 4.78 is 11.4. The molecule has 8 heterocycles. The van der Waals surface area contributed by atoms with E-state index in [1.165, 1.54) is 5.70 Å². The number of nitrogens with one attached hydrogen (secondary N) is 4. The number of thioether (sulfide) groups is 2. The van der Waals surface area contributed by atoms with Gasteiger partial charge in [-0.3, -0.25) is 4.79 Å². The molecule has 0 radical (unpaired) electrons. The molecule has 7 nitrogen and oxygen atoms in total. The lowest BCUT2D eigenvalue weighted by atomic mass is 9.65. The summed E-state index contributed by atoms with van der Waals surface area (Å²) in [6.07, 6.45) is 22.4. The zero-order chi connectivity index (χ0) is 83.9. The molecule has 0 spiro atoms. The lowest BCUT2D eigenvalue weighted by molar-refractivity contribution is -0.127. The van der Waals surface area contributed by atoms with Gasteiger partial charge < -0.3 is 30.7 Å². The molecule has 0 bridgehead atoms. The van der Waals surface area contributed by atoms with Crippen LogP contribution in [0.15, 0.2) is 84.5 Å². The number of hydrogen-bond donors (Lipinski definition) is 4. The summed E-state index contributed by atoms with van der Waals surface area (Å²) in [4.78, 5) is 11.8. The molecule has 2 fully saturated rings. The summed E-state index contributed by atoms with van der Waals surface area (Å²) in [7, 11) is 0. The van der Waals surface area contributed by atoms with E-state index >= 15 is 0 Å². The molecule has 8 aliphatic rings. The van der Waals surface area contributed by atoms with Crippen molar-refractivity contribution in [1.82, 2.24) is 21.3 Å². The number of carbonyl (C=O) groups is 1. The van der Waals surface area contributed by atoms with Crippen LogP contribution in [0.2, 0.25) is 0 Å². The van der Waals surface area contributed by atoms with Crippen LogP contribution in [0.25, 0.3) is 0 Å². The van der Waals surface area contributed by atoms with E-state index in [0.29, 0.717) is 131 Å². The van der Waals surface area contributed by atoms with E-state index in [4.69, 9.17) is 9.47 Å². The molecule has 9 heteroatoms. The normalized spacial score (nSPS) is 29.0. The molecular formula is C98H186N4O3S2. The quantitative estimate of drug-likeness (QED) is 0.191. The predicted molar refractivity (Wildman–Crippen MR) is 484 cm³/mol. The average Bonchev–Trinajstić information content (AvgIpc) is 1.62. The van der Waals surface area contributed by atoms with Gasteiger partial charge in [-0.05, 0) is 146 Å². The zero-order valence-electron chi connectivity index (χ0n) is 79.3. The van der Waals surface area contributed by atoms with Gasteiger partial charge in [0.25, 0.3) is 0 Å². The van der Waals surface area contributed by atoms with Crippen molar-refractivity contribution < 1.29 is 14.3 Å². The molecule has 0 aromatic heterocycles. The van der Waals surface area contributed by atoms with E-state index in [-0.39, 0.29) is 40.9 Å². The summed E-state index contributed by atoms with van der Waals surface area (Å²) in [5.74, 6) is 5.95.